The second-order valence-corrected chi connectivity index (χ2v) is 6.32. The van der Waals surface area contributed by atoms with Crippen LogP contribution >= 0.6 is 11.6 Å². The predicted molar refractivity (Wildman–Crippen MR) is 96.9 cm³/mol. The van der Waals surface area contributed by atoms with Gasteiger partial charge in [0.25, 0.3) is 5.88 Å². The van der Waals surface area contributed by atoms with Crippen LogP contribution in [-0.2, 0) is 0 Å². The van der Waals surface area contributed by atoms with E-state index < -0.39 is 6.61 Å². The third-order valence-corrected chi connectivity index (χ3v) is 4.46. The standard InChI is InChI=1S/C18H20ClF2N3O2/c1-25-17-15(26-18(20)21)5-6-16(23-17)24(13-7-9-22-10-8-13)14-4-2-3-12(19)11-14/h2-6,11,13,18,22H,7-10H2,1H3. The molecule has 1 fully saturated rings. The molecule has 0 aliphatic carbocycles. The van der Waals surface area contributed by atoms with Crippen LogP contribution < -0.4 is 19.7 Å². The summed E-state index contributed by atoms with van der Waals surface area (Å²) >= 11 is 6.17. The Labute approximate surface area is 155 Å². The molecule has 0 bridgehead atoms. The maximum Gasteiger partial charge on any atom is 0.387 e. The van der Waals surface area contributed by atoms with Crippen molar-refractivity contribution >= 4 is 23.1 Å². The van der Waals surface area contributed by atoms with Crippen LogP contribution in [0.4, 0.5) is 20.3 Å². The second kappa shape index (κ2) is 8.51. The number of aromatic nitrogens is 1. The number of rotatable bonds is 6. The highest BCUT2D eigenvalue weighted by atomic mass is 35.5. The average molecular weight is 384 g/mol. The molecule has 5 nitrogen and oxygen atoms in total. The van der Waals surface area contributed by atoms with Gasteiger partial charge in [0.15, 0.2) is 5.75 Å². The summed E-state index contributed by atoms with van der Waals surface area (Å²) in [6.45, 7) is -1.15. The number of benzene rings is 1. The number of anilines is 2. The first-order valence-corrected chi connectivity index (χ1v) is 8.71. The molecule has 0 saturated carbocycles. The fraction of sp³-hybridized carbons (Fsp3) is 0.389. The van der Waals surface area contributed by atoms with Crippen molar-refractivity contribution in [3.63, 3.8) is 0 Å². The number of alkyl halides is 2. The highest BCUT2D eigenvalue weighted by Gasteiger charge is 2.25. The summed E-state index contributed by atoms with van der Waals surface area (Å²) in [7, 11) is 1.37. The van der Waals surface area contributed by atoms with E-state index >= 15 is 0 Å². The molecule has 0 unspecified atom stereocenters. The van der Waals surface area contributed by atoms with Crippen LogP contribution in [0.25, 0.3) is 0 Å². The molecule has 26 heavy (non-hydrogen) atoms. The summed E-state index contributed by atoms with van der Waals surface area (Å²) in [6, 6.07) is 10.8. The molecular formula is C18H20ClF2N3O2. The number of halogens is 3. The predicted octanol–water partition coefficient (Wildman–Crippen LogP) is 4.24. The van der Waals surface area contributed by atoms with Crippen molar-refractivity contribution in [1.82, 2.24) is 10.3 Å². The van der Waals surface area contributed by atoms with Gasteiger partial charge in [0, 0.05) is 16.8 Å². The summed E-state index contributed by atoms with van der Waals surface area (Å²) in [4.78, 5) is 6.48. The smallest absolute Gasteiger partial charge is 0.387 e. The summed E-state index contributed by atoms with van der Waals surface area (Å²) in [5.74, 6) is 0.518. The van der Waals surface area contributed by atoms with E-state index in [-0.39, 0.29) is 17.7 Å². The van der Waals surface area contributed by atoms with Crippen molar-refractivity contribution in [3.8, 4) is 11.6 Å². The molecule has 0 spiro atoms. The monoisotopic (exact) mass is 383 g/mol. The number of ether oxygens (including phenoxy) is 2. The number of nitrogens with zero attached hydrogens (tertiary/aromatic N) is 2. The van der Waals surface area contributed by atoms with Crippen molar-refractivity contribution in [2.45, 2.75) is 25.5 Å². The largest absolute Gasteiger partial charge is 0.478 e. The van der Waals surface area contributed by atoms with E-state index in [1.165, 1.54) is 13.2 Å². The molecule has 0 atom stereocenters. The minimum absolute atomic E-state index is 0.0174. The molecule has 140 valence electrons. The minimum atomic E-state index is -2.94. The summed E-state index contributed by atoms with van der Waals surface area (Å²) in [5, 5.41) is 3.95. The number of methoxy groups -OCH3 is 1. The van der Waals surface area contributed by atoms with Crippen molar-refractivity contribution in [1.29, 1.82) is 0 Å². The maximum absolute atomic E-state index is 12.6. The molecule has 1 N–H and O–H groups in total. The Bertz CT molecular complexity index is 742. The maximum atomic E-state index is 12.6. The number of piperidine rings is 1. The first-order chi connectivity index (χ1) is 12.6. The zero-order chi connectivity index (χ0) is 18.5. The van der Waals surface area contributed by atoms with Crippen LogP contribution in [0.1, 0.15) is 12.8 Å². The lowest BCUT2D eigenvalue weighted by Gasteiger charge is -2.36. The molecule has 0 radical (unpaired) electrons. The number of hydrogen-bond donors (Lipinski definition) is 1. The van der Waals surface area contributed by atoms with Crippen LogP contribution in [0.3, 0.4) is 0 Å². The number of pyridine rings is 1. The van der Waals surface area contributed by atoms with Crippen molar-refractivity contribution in [2.75, 3.05) is 25.1 Å². The van der Waals surface area contributed by atoms with Gasteiger partial charge >= 0.3 is 6.61 Å². The van der Waals surface area contributed by atoms with Gasteiger partial charge in [-0.05, 0) is 56.3 Å². The summed E-state index contributed by atoms with van der Waals surface area (Å²) < 4.78 is 34.7. The molecule has 1 aliphatic rings. The van der Waals surface area contributed by atoms with Gasteiger partial charge in [-0.15, -0.1) is 0 Å². The molecule has 8 heteroatoms. The van der Waals surface area contributed by atoms with E-state index in [9.17, 15) is 8.78 Å². The van der Waals surface area contributed by atoms with Gasteiger partial charge < -0.3 is 19.7 Å². The Kier molecular flexibility index (Phi) is 6.11. The molecular weight excluding hydrogens is 364 g/mol. The van der Waals surface area contributed by atoms with E-state index in [4.69, 9.17) is 16.3 Å². The molecule has 1 saturated heterocycles. The van der Waals surface area contributed by atoms with Gasteiger partial charge in [0.2, 0.25) is 0 Å². The summed E-state index contributed by atoms with van der Waals surface area (Å²) in [5.41, 5.74) is 0.890. The fourth-order valence-corrected chi connectivity index (χ4v) is 3.29. The Hall–Kier alpha value is -2.12. The van der Waals surface area contributed by atoms with E-state index in [1.54, 1.807) is 12.1 Å². The van der Waals surface area contributed by atoms with Crippen LogP contribution in [0.2, 0.25) is 5.02 Å². The van der Waals surface area contributed by atoms with Gasteiger partial charge in [-0.3, -0.25) is 0 Å². The quantitative estimate of drug-likeness (QED) is 0.808. The molecule has 2 heterocycles. The number of hydrogen-bond acceptors (Lipinski definition) is 5. The van der Waals surface area contributed by atoms with E-state index in [2.05, 4.69) is 19.9 Å². The van der Waals surface area contributed by atoms with Gasteiger partial charge in [0.05, 0.1) is 7.11 Å². The Morgan fingerprint density at radius 1 is 1.23 bits per heavy atom. The van der Waals surface area contributed by atoms with Crippen molar-refractivity contribution in [3.05, 3.63) is 41.4 Å². The van der Waals surface area contributed by atoms with Crippen molar-refractivity contribution < 1.29 is 18.3 Å². The highest BCUT2D eigenvalue weighted by molar-refractivity contribution is 6.30. The first kappa shape index (κ1) is 18.7. The van der Waals surface area contributed by atoms with Crippen molar-refractivity contribution in [2.24, 2.45) is 0 Å². The molecule has 1 aliphatic heterocycles. The lowest BCUT2D eigenvalue weighted by molar-refractivity contribution is -0.0515. The van der Waals surface area contributed by atoms with E-state index in [0.29, 0.717) is 10.8 Å². The van der Waals surface area contributed by atoms with E-state index in [1.807, 2.05) is 18.2 Å². The van der Waals surface area contributed by atoms with Crippen LogP contribution in [0.15, 0.2) is 36.4 Å². The normalized spacial score (nSPS) is 15.1. The minimum Gasteiger partial charge on any atom is -0.478 e. The zero-order valence-electron chi connectivity index (χ0n) is 14.3. The summed E-state index contributed by atoms with van der Waals surface area (Å²) in [6.07, 6.45) is 1.84. The van der Waals surface area contributed by atoms with E-state index in [0.717, 1.165) is 31.6 Å². The second-order valence-electron chi connectivity index (χ2n) is 5.89. The molecule has 3 rings (SSSR count). The Morgan fingerprint density at radius 3 is 2.65 bits per heavy atom. The lowest BCUT2D eigenvalue weighted by Crippen LogP contribution is -2.41. The zero-order valence-corrected chi connectivity index (χ0v) is 15.0. The topological polar surface area (TPSA) is 46.6 Å². The SMILES string of the molecule is COc1nc(N(c2cccc(Cl)c2)C2CCNCC2)ccc1OC(F)F. The van der Waals surface area contributed by atoms with Gasteiger partial charge in [-0.1, -0.05) is 17.7 Å². The molecule has 1 aromatic carbocycles. The lowest BCUT2D eigenvalue weighted by atomic mass is 10.0. The van der Waals surface area contributed by atoms with Gasteiger partial charge in [0.1, 0.15) is 5.82 Å². The van der Waals surface area contributed by atoms with Crippen LogP contribution in [0, 0.1) is 0 Å². The molecule has 0 amide bonds. The fourth-order valence-electron chi connectivity index (χ4n) is 3.10. The van der Waals surface area contributed by atoms with Gasteiger partial charge in [-0.25, -0.2) is 0 Å². The average Bonchev–Trinajstić information content (AvgIpc) is 2.63. The Morgan fingerprint density at radius 2 is 2.00 bits per heavy atom. The number of nitrogens with one attached hydrogen (secondary N) is 1. The van der Waals surface area contributed by atoms with Gasteiger partial charge in [-0.2, -0.15) is 13.8 Å². The van der Waals surface area contributed by atoms with Crippen LogP contribution in [0.5, 0.6) is 11.6 Å². The third-order valence-electron chi connectivity index (χ3n) is 4.23. The Balaban J connectivity index is 2.00. The molecule has 2 aromatic rings. The first-order valence-electron chi connectivity index (χ1n) is 8.34. The highest BCUT2D eigenvalue weighted by Crippen LogP contribution is 2.35. The van der Waals surface area contributed by atoms with Crippen LogP contribution in [-0.4, -0.2) is 37.8 Å². The molecule has 1 aromatic heterocycles. The third kappa shape index (κ3) is 4.34.